The summed E-state index contributed by atoms with van der Waals surface area (Å²) in [6.07, 6.45) is 0. The van der Waals surface area contributed by atoms with Gasteiger partial charge in [0.05, 0.1) is 0 Å². The van der Waals surface area contributed by atoms with Gasteiger partial charge in [0.15, 0.2) is 5.56 Å². The number of hydrogen-bond donors (Lipinski definition) is 2. The van der Waals surface area contributed by atoms with Crippen molar-refractivity contribution in [2.24, 2.45) is 0 Å². The molecular formula is C8H10ClO4P. The Morgan fingerprint density at radius 2 is 1.93 bits per heavy atom. The summed E-state index contributed by atoms with van der Waals surface area (Å²) in [5, 5.41) is 0. The molecule has 1 atom stereocenters. The van der Waals surface area contributed by atoms with E-state index in [1.807, 2.05) is 18.2 Å². The molecule has 78 valence electrons. The van der Waals surface area contributed by atoms with Gasteiger partial charge in [0.1, 0.15) is 12.4 Å². The summed E-state index contributed by atoms with van der Waals surface area (Å²) in [6, 6.07) is 8.97. The zero-order valence-corrected chi connectivity index (χ0v) is 8.86. The maximum Gasteiger partial charge on any atom is 0.327 e. The van der Waals surface area contributed by atoms with Gasteiger partial charge in [0, 0.05) is 0 Å². The maximum absolute atomic E-state index is 8.45. The predicted molar refractivity (Wildman–Crippen MR) is 54.0 cm³/mol. The molecule has 1 aromatic carbocycles. The molecule has 0 aliphatic heterocycles. The molecule has 2 N–H and O–H groups in total. The fourth-order valence-electron chi connectivity index (χ4n) is 0.806. The van der Waals surface area contributed by atoms with E-state index in [0.29, 0.717) is 5.75 Å². The summed E-state index contributed by atoms with van der Waals surface area (Å²) in [7, 11) is -2.37. The summed E-state index contributed by atoms with van der Waals surface area (Å²) in [5.74, 6) is 0.608. The smallest absolute Gasteiger partial charge is 0.327 e. The Balaban J connectivity index is 2.30. The van der Waals surface area contributed by atoms with Crippen LogP contribution in [0.25, 0.3) is 0 Å². The van der Waals surface area contributed by atoms with Gasteiger partial charge in [-0.2, -0.15) is 0 Å². The highest BCUT2D eigenvalue weighted by Gasteiger charge is 2.09. The van der Waals surface area contributed by atoms with Gasteiger partial charge in [-0.05, 0) is 12.1 Å². The van der Waals surface area contributed by atoms with Crippen LogP contribution in [0.5, 0.6) is 5.75 Å². The van der Waals surface area contributed by atoms with Gasteiger partial charge in [0.25, 0.3) is 0 Å². The molecule has 0 aromatic heterocycles. The highest BCUT2D eigenvalue weighted by Crippen LogP contribution is 2.25. The van der Waals surface area contributed by atoms with E-state index >= 15 is 0 Å². The number of rotatable bonds is 5. The Labute approximate surface area is 88.0 Å². The van der Waals surface area contributed by atoms with Crippen molar-refractivity contribution >= 4 is 20.2 Å². The van der Waals surface area contributed by atoms with Crippen molar-refractivity contribution in [1.82, 2.24) is 0 Å². The molecule has 4 nitrogen and oxygen atoms in total. The van der Waals surface area contributed by atoms with E-state index in [-0.39, 0.29) is 6.61 Å². The van der Waals surface area contributed by atoms with E-state index in [1.54, 1.807) is 12.1 Å². The van der Waals surface area contributed by atoms with Crippen LogP contribution in [0.3, 0.4) is 0 Å². The second kappa shape index (κ2) is 6.17. The molecule has 0 radical (unpaired) electrons. The number of halogens is 1. The minimum atomic E-state index is -2.37. The van der Waals surface area contributed by atoms with Gasteiger partial charge in [-0.3, -0.25) is 0 Å². The second-order valence-corrected chi connectivity index (χ2v) is 3.64. The lowest BCUT2D eigenvalue weighted by Gasteiger charge is -2.12. The van der Waals surface area contributed by atoms with Gasteiger partial charge >= 0.3 is 8.60 Å². The van der Waals surface area contributed by atoms with Crippen LogP contribution < -0.4 is 4.74 Å². The van der Waals surface area contributed by atoms with Crippen molar-refractivity contribution < 1.29 is 19.0 Å². The Hall–Kier alpha value is -0.380. The lowest BCUT2D eigenvalue weighted by Crippen LogP contribution is -2.14. The van der Waals surface area contributed by atoms with E-state index in [9.17, 15) is 0 Å². The van der Waals surface area contributed by atoms with Crippen LogP contribution in [0.1, 0.15) is 0 Å². The summed E-state index contributed by atoms with van der Waals surface area (Å²) in [4.78, 5) is 16.9. The molecule has 14 heavy (non-hydrogen) atoms. The number of para-hydroxylation sites is 1. The molecule has 0 bridgehead atoms. The SMILES string of the molecule is OP(O)OCC(Cl)Oc1ccccc1. The van der Waals surface area contributed by atoms with Crippen LogP contribution in [-0.4, -0.2) is 22.0 Å². The Bertz CT molecular complexity index is 257. The molecule has 0 saturated carbocycles. The monoisotopic (exact) mass is 236 g/mol. The molecule has 0 amide bonds. The summed E-state index contributed by atoms with van der Waals surface area (Å²) < 4.78 is 9.69. The Morgan fingerprint density at radius 3 is 2.50 bits per heavy atom. The molecule has 0 aliphatic carbocycles. The number of ether oxygens (including phenoxy) is 1. The second-order valence-electron chi connectivity index (χ2n) is 2.39. The normalized spacial score (nSPS) is 12.9. The van der Waals surface area contributed by atoms with Crippen molar-refractivity contribution in [3.05, 3.63) is 30.3 Å². The fourth-order valence-corrected chi connectivity index (χ4v) is 1.33. The molecule has 1 rings (SSSR count). The average Bonchev–Trinajstić information content (AvgIpc) is 2.16. The summed E-state index contributed by atoms with van der Waals surface area (Å²) in [6.45, 7) is -0.0743. The van der Waals surface area contributed by atoms with Crippen LogP contribution >= 0.6 is 20.2 Å². The summed E-state index contributed by atoms with van der Waals surface area (Å²) >= 11 is 5.70. The van der Waals surface area contributed by atoms with E-state index in [4.69, 9.17) is 26.1 Å². The zero-order valence-electron chi connectivity index (χ0n) is 7.21. The molecule has 6 heteroatoms. The Morgan fingerprint density at radius 1 is 1.29 bits per heavy atom. The van der Waals surface area contributed by atoms with Crippen molar-refractivity contribution in [3.8, 4) is 5.75 Å². The highest BCUT2D eigenvalue weighted by molar-refractivity contribution is 7.39. The first-order valence-electron chi connectivity index (χ1n) is 3.85. The number of benzene rings is 1. The minimum Gasteiger partial charge on any atom is -0.472 e. The van der Waals surface area contributed by atoms with Crippen LogP contribution in [0.2, 0.25) is 0 Å². The third-order valence-electron chi connectivity index (χ3n) is 1.33. The third-order valence-corrected chi connectivity index (χ3v) is 1.92. The molecule has 0 aliphatic rings. The van der Waals surface area contributed by atoms with Crippen molar-refractivity contribution in [2.45, 2.75) is 5.56 Å². The van der Waals surface area contributed by atoms with Gasteiger partial charge in [-0.15, -0.1) is 0 Å². The van der Waals surface area contributed by atoms with Gasteiger partial charge in [0.2, 0.25) is 0 Å². The number of alkyl halides is 1. The minimum absolute atomic E-state index is 0.0743. The molecule has 0 saturated heterocycles. The van der Waals surface area contributed by atoms with Gasteiger partial charge < -0.3 is 19.0 Å². The van der Waals surface area contributed by atoms with E-state index in [2.05, 4.69) is 4.52 Å². The fraction of sp³-hybridized carbons (Fsp3) is 0.250. The van der Waals surface area contributed by atoms with E-state index < -0.39 is 14.2 Å². The molecule has 1 aromatic rings. The Kier molecular flexibility index (Phi) is 5.15. The molecule has 0 fully saturated rings. The third kappa shape index (κ3) is 4.74. The topological polar surface area (TPSA) is 58.9 Å². The van der Waals surface area contributed by atoms with Gasteiger partial charge in [-0.25, -0.2) is 0 Å². The van der Waals surface area contributed by atoms with Crippen LogP contribution in [0, 0.1) is 0 Å². The van der Waals surface area contributed by atoms with Crippen LogP contribution in [0.15, 0.2) is 30.3 Å². The summed E-state index contributed by atoms with van der Waals surface area (Å²) in [5.41, 5.74) is -0.735. The quantitative estimate of drug-likeness (QED) is 0.605. The molecule has 0 heterocycles. The lowest BCUT2D eigenvalue weighted by molar-refractivity contribution is 0.169. The maximum atomic E-state index is 8.45. The standard InChI is InChI=1S/C8H10ClO4P/c9-8(6-12-14(10)11)13-7-4-2-1-3-5-7/h1-5,8,10-11H,6H2. The first-order valence-corrected chi connectivity index (χ1v) is 5.45. The number of hydrogen-bond acceptors (Lipinski definition) is 4. The van der Waals surface area contributed by atoms with Crippen LogP contribution in [-0.2, 0) is 4.52 Å². The van der Waals surface area contributed by atoms with Crippen molar-refractivity contribution in [2.75, 3.05) is 6.61 Å². The van der Waals surface area contributed by atoms with Crippen molar-refractivity contribution in [3.63, 3.8) is 0 Å². The molecular weight excluding hydrogens is 227 g/mol. The van der Waals surface area contributed by atoms with E-state index in [1.165, 1.54) is 0 Å². The van der Waals surface area contributed by atoms with Crippen LogP contribution in [0.4, 0.5) is 0 Å². The first kappa shape index (κ1) is 11.7. The lowest BCUT2D eigenvalue weighted by atomic mass is 10.3. The van der Waals surface area contributed by atoms with Crippen molar-refractivity contribution in [1.29, 1.82) is 0 Å². The predicted octanol–water partition coefficient (Wildman–Crippen LogP) is 1.86. The molecule has 0 spiro atoms. The largest absolute Gasteiger partial charge is 0.472 e. The average molecular weight is 237 g/mol. The zero-order chi connectivity index (χ0) is 10.4. The molecule has 1 unspecified atom stereocenters. The highest BCUT2D eigenvalue weighted by atomic mass is 35.5. The van der Waals surface area contributed by atoms with E-state index in [0.717, 1.165) is 0 Å². The van der Waals surface area contributed by atoms with Gasteiger partial charge in [-0.1, -0.05) is 29.8 Å². The first-order chi connectivity index (χ1) is 6.68.